The lowest BCUT2D eigenvalue weighted by molar-refractivity contribution is 0.0937. The number of rotatable bonds is 4. The average molecular weight is 243 g/mol. The van der Waals surface area contributed by atoms with E-state index in [1.807, 2.05) is 31.2 Å². The molecule has 1 aromatic heterocycles. The molecule has 18 heavy (non-hydrogen) atoms. The molecule has 0 saturated heterocycles. The Morgan fingerprint density at radius 2 is 2.28 bits per heavy atom. The number of carbonyl (C=O) groups is 1. The maximum absolute atomic E-state index is 12.0. The molecule has 0 saturated carbocycles. The minimum atomic E-state index is -0.0851. The maximum Gasteiger partial charge on any atom is 0.251 e. The van der Waals surface area contributed by atoms with E-state index in [9.17, 15) is 4.79 Å². The van der Waals surface area contributed by atoms with Crippen molar-refractivity contribution in [3.05, 3.63) is 42.1 Å². The molecule has 94 valence electrons. The maximum atomic E-state index is 12.0. The second kappa shape index (κ2) is 5.60. The third-order valence-corrected chi connectivity index (χ3v) is 2.98. The molecule has 2 rings (SSSR count). The van der Waals surface area contributed by atoms with E-state index in [0.717, 1.165) is 17.3 Å². The molecule has 1 amide bonds. The van der Waals surface area contributed by atoms with Crippen molar-refractivity contribution in [1.29, 1.82) is 0 Å². The van der Waals surface area contributed by atoms with E-state index >= 15 is 0 Å². The van der Waals surface area contributed by atoms with E-state index in [2.05, 4.69) is 10.3 Å². The first-order valence-electron chi connectivity index (χ1n) is 6.10. The van der Waals surface area contributed by atoms with Gasteiger partial charge in [-0.1, -0.05) is 13.0 Å². The number of pyridine rings is 1. The molecule has 0 fully saturated rings. The van der Waals surface area contributed by atoms with Gasteiger partial charge < -0.3 is 11.1 Å². The highest BCUT2D eigenvalue weighted by Crippen LogP contribution is 2.13. The Morgan fingerprint density at radius 3 is 3.00 bits per heavy atom. The van der Waals surface area contributed by atoms with Gasteiger partial charge in [0, 0.05) is 29.7 Å². The van der Waals surface area contributed by atoms with E-state index in [0.29, 0.717) is 12.1 Å². The lowest BCUT2D eigenvalue weighted by Gasteiger charge is -2.14. The number of fused-ring (bicyclic) bond motifs is 1. The van der Waals surface area contributed by atoms with Crippen molar-refractivity contribution in [1.82, 2.24) is 10.3 Å². The van der Waals surface area contributed by atoms with Gasteiger partial charge in [0.05, 0.1) is 5.52 Å². The van der Waals surface area contributed by atoms with Crippen molar-refractivity contribution in [2.45, 2.75) is 19.4 Å². The normalized spacial score (nSPS) is 12.3. The van der Waals surface area contributed by atoms with Crippen molar-refractivity contribution in [2.24, 2.45) is 5.73 Å². The molecule has 0 aliphatic rings. The molecule has 1 atom stereocenters. The Kier molecular flexibility index (Phi) is 3.89. The third kappa shape index (κ3) is 2.65. The number of aromatic nitrogens is 1. The van der Waals surface area contributed by atoms with E-state index < -0.39 is 0 Å². The van der Waals surface area contributed by atoms with Gasteiger partial charge in [0.15, 0.2) is 0 Å². The lowest BCUT2D eigenvalue weighted by atomic mass is 10.1. The number of nitrogens with one attached hydrogen (secondary N) is 1. The monoisotopic (exact) mass is 243 g/mol. The summed E-state index contributed by atoms with van der Waals surface area (Å²) in [5, 5.41) is 3.88. The third-order valence-electron chi connectivity index (χ3n) is 2.98. The molecule has 0 aliphatic carbocycles. The molecule has 0 radical (unpaired) electrons. The molecule has 4 heteroatoms. The molecule has 0 spiro atoms. The number of hydrogen-bond acceptors (Lipinski definition) is 3. The summed E-state index contributed by atoms with van der Waals surface area (Å²) in [5.74, 6) is -0.0851. The van der Waals surface area contributed by atoms with Gasteiger partial charge in [0.25, 0.3) is 5.91 Å². The van der Waals surface area contributed by atoms with Crippen LogP contribution in [0.25, 0.3) is 10.9 Å². The van der Waals surface area contributed by atoms with Crippen LogP contribution in [0.3, 0.4) is 0 Å². The minimum absolute atomic E-state index is 0.0297. The number of benzene rings is 1. The lowest BCUT2D eigenvalue weighted by Crippen LogP contribution is -2.39. The van der Waals surface area contributed by atoms with Crippen LogP contribution in [-0.4, -0.2) is 23.5 Å². The highest BCUT2D eigenvalue weighted by Gasteiger charge is 2.11. The zero-order valence-corrected chi connectivity index (χ0v) is 10.4. The summed E-state index contributed by atoms with van der Waals surface area (Å²) in [6.45, 7) is 2.46. The minimum Gasteiger partial charge on any atom is -0.348 e. The molecule has 3 N–H and O–H groups in total. The molecule has 1 heterocycles. The molecular formula is C14H17N3O. The van der Waals surface area contributed by atoms with Crippen LogP contribution in [0.1, 0.15) is 23.7 Å². The van der Waals surface area contributed by atoms with Gasteiger partial charge >= 0.3 is 0 Å². The van der Waals surface area contributed by atoms with Crippen molar-refractivity contribution >= 4 is 16.8 Å². The van der Waals surface area contributed by atoms with Crippen LogP contribution in [0.5, 0.6) is 0 Å². The SMILES string of the molecule is CCC(CN)NC(=O)c1ccc2ncccc2c1. The first-order chi connectivity index (χ1) is 8.74. The Balaban J connectivity index is 2.22. The largest absolute Gasteiger partial charge is 0.348 e. The zero-order chi connectivity index (χ0) is 13.0. The summed E-state index contributed by atoms with van der Waals surface area (Å²) < 4.78 is 0. The second-order valence-electron chi connectivity index (χ2n) is 4.23. The van der Waals surface area contributed by atoms with Gasteiger partial charge in [-0.25, -0.2) is 0 Å². The standard InChI is InChI=1S/C14H17N3O/c1-2-12(9-15)17-14(18)11-5-6-13-10(8-11)4-3-7-16-13/h3-8,12H,2,9,15H2,1H3,(H,17,18). The molecule has 0 bridgehead atoms. The van der Waals surface area contributed by atoms with Crippen LogP contribution in [0.2, 0.25) is 0 Å². The number of carbonyl (C=O) groups excluding carboxylic acids is 1. The first kappa shape index (κ1) is 12.5. The molecular weight excluding hydrogens is 226 g/mol. The number of amides is 1. The number of hydrogen-bond donors (Lipinski definition) is 2. The number of nitrogens with two attached hydrogens (primary N) is 1. The molecule has 1 unspecified atom stereocenters. The average Bonchev–Trinajstić information content (AvgIpc) is 2.44. The number of nitrogens with zero attached hydrogens (tertiary/aromatic N) is 1. The predicted molar refractivity (Wildman–Crippen MR) is 72.3 cm³/mol. The van der Waals surface area contributed by atoms with Crippen LogP contribution >= 0.6 is 0 Å². The smallest absolute Gasteiger partial charge is 0.251 e. The fraction of sp³-hybridized carbons (Fsp3) is 0.286. The fourth-order valence-corrected chi connectivity index (χ4v) is 1.81. The van der Waals surface area contributed by atoms with E-state index in [1.165, 1.54) is 0 Å². The first-order valence-corrected chi connectivity index (χ1v) is 6.10. The highest BCUT2D eigenvalue weighted by molar-refractivity contribution is 5.98. The summed E-state index contributed by atoms with van der Waals surface area (Å²) in [5.41, 5.74) is 7.11. The zero-order valence-electron chi connectivity index (χ0n) is 10.4. The Bertz CT molecular complexity index is 549. The van der Waals surface area contributed by atoms with Gasteiger partial charge in [-0.15, -0.1) is 0 Å². The molecule has 2 aromatic rings. The summed E-state index contributed by atoms with van der Waals surface area (Å²) in [4.78, 5) is 16.3. The van der Waals surface area contributed by atoms with Gasteiger partial charge in [0.2, 0.25) is 0 Å². The van der Waals surface area contributed by atoms with Gasteiger partial charge in [-0.3, -0.25) is 9.78 Å². The summed E-state index contributed by atoms with van der Waals surface area (Å²) >= 11 is 0. The Hall–Kier alpha value is -1.94. The van der Waals surface area contributed by atoms with Crippen LogP contribution in [0, 0.1) is 0 Å². The quantitative estimate of drug-likeness (QED) is 0.858. The molecule has 4 nitrogen and oxygen atoms in total. The van der Waals surface area contributed by atoms with Crippen LogP contribution in [0.15, 0.2) is 36.5 Å². The van der Waals surface area contributed by atoms with Crippen LogP contribution in [-0.2, 0) is 0 Å². The van der Waals surface area contributed by atoms with Crippen molar-refractivity contribution in [3.8, 4) is 0 Å². The second-order valence-corrected chi connectivity index (χ2v) is 4.23. The highest BCUT2D eigenvalue weighted by atomic mass is 16.1. The van der Waals surface area contributed by atoms with Gasteiger partial charge in [-0.05, 0) is 30.7 Å². The summed E-state index contributed by atoms with van der Waals surface area (Å²) in [6, 6.07) is 9.32. The predicted octanol–water partition coefficient (Wildman–Crippen LogP) is 1.70. The topological polar surface area (TPSA) is 68.0 Å². The van der Waals surface area contributed by atoms with Gasteiger partial charge in [0.1, 0.15) is 0 Å². The molecule has 0 aliphatic heterocycles. The van der Waals surface area contributed by atoms with Crippen molar-refractivity contribution < 1.29 is 4.79 Å². The fourth-order valence-electron chi connectivity index (χ4n) is 1.81. The molecule has 1 aromatic carbocycles. The summed E-state index contributed by atoms with van der Waals surface area (Å²) in [6.07, 6.45) is 2.57. The van der Waals surface area contributed by atoms with Gasteiger partial charge in [-0.2, -0.15) is 0 Å². The van der Waals surface area contributed by atoms with Crippen LogP contribution in [0.4, 0.5) is 0 Å². The summed E-state index contributed by atoms with van der Waals surface area (Å²) in [7, 11) is 0. The Labute approximate surface area is 106 Å². The van der Waals surface area contributed by atoms with Crippen LogP contribution < -0.4 is 11.1 Å². The van der Waals surface area contributed by atoms with Crippen molar-refractivity contribution in [2.75, 3.05) is 6.54 Å². The van der Waals surface area contributed by atoms with E-state index in [-0.39, 0.29) is 11.9 Å². The van der Waals surface area contributed by atoms with Crippen molar-refractivity contribution in [3.63, 3.8) is 0 Å². The van der Waals surface area contributed by atoms with E-state index in [1.54, 1.807) is 12.3 Å². The Morgan fingerprint density at radius 1 is 1.44 bits per heavy atom. The van der Waals surface area contributed by atoms with E-state index in [4.69, 9.17) is 5.73 Å².